The van der Waals surface area contributed by atoms with Crippen LogP contribution in [-0.2, 0) is 5.41 Å². The van der Waals surface area contributed by atoms with Crippen molar-refractivity contribution in [3.8, 4) is 22.5 Å². The zero-order valence-electron chi connectivity index (χ0n) is 24.2. The number of fused-ring (bicyclic) bond motifs is 6. The summed E-state index contributed by atoms with van der Waals surface area (Å²) in [7, 11) is 0. The zero-order valence-corrected chi connectivity index (χ0v) is 24.2. The molecule has 0 fully saturated rings. The number of hydrogen-bond donors (Lipinski definition) is 0. The number of rotatable bonds is 3. The molecule has 6 aromatic carbocycles. The third kappa shape index (κ3) is 3.79. The van der Waals surface area contributed by atoms with Gasteiger partial charge in [-0.25, -0.2) is 0 Å². The first-order valence-corrected chi connectivity index (χ1v) is 14.7. The highest BCUT2D eigenvalue weighted by molar-refractivity contribution is 6.10. The van der Waals surface area contributed by atoms with Crippen molar-refractivity contribution in [1.82, 2.24) is 9.13 Å². The Hall–Kier alpha value is -5.08. The summed E-state index contributed by atoms with van der Waals surface area (Å²) >= 11 is 0. The van der Waals surface area contributed by atoms with Gasteiger partial charge in [0.25, 0.3) is 0 Å². The Morgan fingerprint density at radius 3 is 1.50 bits per heavy atom. The van der Waals surface area contributed by atoms with Crippen LogP contribution in [0, 0.1) is 0 Å². The molecule has 2 aromatic heterocycles. The molecule has 0 bridgehead atoms. The minimum Gasteiger partial charge on any atom is -0.309 e. The maximum Gasteiger partial charge on any atom is 0.0541 e. The van der Waals surface area contributed by atoms with Crippen LogP contribution in [0.3, 0.4) is 0 Å². The van der Waals surface area contributed by atoms with E-state index >= 15 is 0 Å². The fourth-order valence-electron chi connectivity index (χ4n) is 6.55. The van der Waals surface area contributed by atoms with Crippen LogP contribution in [0.2, 0.25) is 0 Å². The summed E-state index contributed by atoms with van der Waals surface area (Å²) in [5, 5.41) is 5.16. The van der Waals surface area contributed by atoms with Crippen molar-refractivity contribution in [2.24, 2.45) is 0 Å². The second-order valence-electron chi connectivity index (χ2n) is 12.3. The van der Waals surface area contributed by atoms with Gasteiger partial charge in [-0.3, -0.25) is 0 Å². The van der Waals surface area contributed by atoms with E-state index < -0.39 is 0 Å². The third-order valence-corrected chi connectivity index (χ3v) is 8.68. The molecule has 8 aromatic rings. The Labute approximate surface area is 246 Å². The average Bonchev–Trinajstić information content (AvgIpc) is 3.54. The van der Waals surface area contributed by atoms with E-state index in [2.05, 4.69) is 169 Å². The van der Waals surface area contributed by atoms with E-state index in [-0.39, 0.29) is 5.41 Å². The lowest BCUT2D eigenvalue weighted by Gasteiger charge is -2.19. The maximum absolute atomic E-state index is 2.41. The van der Waals surface area contributed by atoms with E-state index in [4.69, 9.17) is 0 Å². The molecule has 0 aliphatic carbocycles. The molecule has 0 aliphatic heterocycles. The molecule has 202 valence electrons. The van der Waals surface area contributed by atoms with Crippen molar-refractivity contribution in [1.29, 1.82) is 0 Å². The Kier molecular flexibility index (Phi) is 5.42. The van der Waals surface area contributed by atoms with Crippen LogP contribution in [-0.4, -0.2) is 9.13 Å². The number of aromatic nitrogens is 2. The van der Waals surface area contributed by atoms with Crippen molar-refractivity contribution < 1.29 is 0 Å². The lowest BCUT2D eigenvalue weighted by Crippen LogP contribution is -2.10. The van der Waals surface area contributed by atoms with Crippen molar-refractivity contribution in [2.45, 2.75) is 26.2 Å². The molecule has 0 saturated heterocycles. The van der Waals surface area contributed by atoms with Gasteiger partial charge in [-0.05, 0) is 76.7 Å². The number of benzene rings is 6. The number of para-hydroxylation sites is 3. The summed E-state index contributed by atoms with van der Waals surface area (Å²) in [5.74, 6) is 0. The monoisotopic (exact) mass is 540 g/mol. The molecule has 2 heteroatoms. The van der Waals surface area contributed by atoms with Gasteiger partial charge in [0.15, 0.2) is 0 Å². The van der Waals surface area contributed by atoms with E-state index in [1.54, 1.807) is 0 Å². The van der Waals surface area contributed by atoms with Crippen molar-refractivity contribution in [3.63, 3.8) is 0 Å². The van der Waals surface area contributed by atoms with E-state index in [9.17, 15) is 0 Å². The molecule has 0 unspecified atom stereocenters. The molecule has 0 atom stereocenters. The molecule has 42 heavy (non-hydrogen) atoms. The highest BCUT2D eigenvalue weighted by atomic mass is 15.0. The average molecular weight is 541 g/mol. The predicted octanol–water partition coefficient (Wildman–Crippen LogP) is 10.8. The fraction of sp³-hybridized carbons (Fsp3) is 0.100. The smallest absolute Gasteiger partial charge is 0.0541 e. The highest BCUT2D eigenvalue weighted by Crippen LogP contribution is 2.37. The molecule has 0 amide bonds. The van der Waals surface area contributed by atoms with Crippen LogP contribution in [0.5, 0.6) is 0 Å². The molecule has 0 radical (unpaired) electrons. The molecule has 2 heterocycles. The molecule has 0 aliphatic rings. The first kappa shape index (κ1) is 24.7. The van der Waals surface area contributed by atoms with Crippen LogP contribution in [0.15, 0.2) is 140 Å². The summed E-state index contributed by atoms with van der Waals surface area (Å²) in [5.41, 5.74) is 11.1. The molecule has 0 N–H and O–H groups in total. The van der Waals surface area contributed by atoms with Crippen LogP contribution in [0.1, 0.15) is 26.3 Å². The van der Waals surface area contributed by atoms with E-state index in [0.717, 1.165) is 0 Å². The number of hydrogen-bond acceptors (Lipinski definition) is 0. The van der Waals surface area contributed by atoms with Gasteiger partial charge in [-0.15, -0.1) is 0 Å². The first-order chi connectivity index (χ1) is 20.5. The van der Waals surface area contributed by atoms with Gasteiger partial charge in [0.2, 0.25) is 0 Å². The van der Waals surface area contributed by atoms with Gasteiger partial charge in [0.05, 0.1) is 22.1 Å². The van der Waals surface area contributed by atoms with Gasteiger partial charge < -0.3 is 9.13 Å². The summed E-state index contributed by atoms with van der Waals surface area (Å²) in [6, 6.07) is 51.0. The molecule has 0 spiro atoms. The van der Waals surface area contributed by atoms with E-state index in [0.29, 0.717) is 0 Å². The Balaban J connectivity index is 1.24. The van der Waals surface area contributed by atoms with Gasteiger partial charge in [0, 0.05) is 32.9 Å². The van der Waals surface area contributed by atoms with E-state index in [1.807, 2.05) is 0 Å². The van der Waals surface area contributed by atoms with Crippen molar-refractivity contribution in [2.75, 3.05) is 0 Å². The molecule has 0 saturated carbocycles. The lowest BCUT2D eigenvalue weighted by molar-refractivity contribution is 0.591. The number of nitrogens with zero attached hydrogens (tertiary/aromatic N) is 2. The van der Waals surface area contributed by atoms with Gasteiger partial charge in [0.1, 0.15) is 0 Å². The summed E-state index contributed by atoms with van der Waals surface area (Å²) in [4.78, 5) is 0. The SMILES string of the molecule is CC(C)(C)c1ccc2c(c1)c1ccccc1n2-c1cccc(-c2ccc(-n3c4ccccc4c4ccccc43)cc2)c1. The lowest BCUT2D eigenvalue weighted by atomic mass is 9.86. The summed E-state index contributed by atoms with van der Waals surface area (Å²) < 4.78 is 4.78. The quantitative estimate of drug-likeness (QED) is 0.211. The minimum absolute atomic E-state index is 0.0999. The van der Waals surface area contributed by atoms with Gasteiger partial charge >= 0.3 is 0 Å². The van der Waals surface area contributed by atoms with Crippen LogP contribution < -0.4 is 0 Å². The molecule has 8 rings (SSSR count). The second-order valence-corrected chi connectivity index (χ2v) is 12.3. The standard InChI is InChI=1S/C40H32N2/c1-40(2,3)29-21-24-39-35(26-29)34-15-6-9-18-38(34)42(39)31-12-10-11-28(25-31)27-19-22-30(23-20-27)41-36-16-7-4-13-32(36)33-14-5-8-17-37(33)41/h4-26H,1-3H3. The fourth-order valence-corrected chi connectivity index (χ4v) is 6.55. The maximum atomic E-state index is 2.41. The van der Waals surface area contributed by atoms with E-state index in [1.165, 1.54) is 71.7 Å². The van der Waals surface area contributed by atoms with Crippen LogP contribution in [0.25, 0.3) is 66.1 Å². The highest BCUT2D eigenvalue weighted by Gasteiger charge is 2.18. The topological polar surface area (TPSA) is 9.86 Å². The zero-order chi connectivity index (χ0) is 28.4. The Morgan fingerprint density at radius 1 is 0.381 bits per heavy atom. The predicted molar refractivity (Wildman–Crippen MR) is 179 cm³/mol. The van der Waals surface area contributed by atoms with Crippen molar-refractivity contribution in [3.05, 3.63) is 145 Å². The molecular weight excluding hydrogens is 508 g/mol. The summed E-state index contributed by atoms with van der Waals surface area (Å²) in [6.45, 7) is 6.84. The normalized spacial score (nSPS) is 12.2. The Morgan fingerprint density at radius 2 is 0.905 bits per heavy atom. The molecule has 2 nitrogen and oxygen atoms in total. The minimum atomic E-state index is 0.0999. The van der Waals surface area contributed by atoms with Crippen molar-refractivity contribution >= 4 is 43.6 Å². The summed E-state index contributed by atoms with van der Waals surface area (Å²) in [6.07, 6.45) is 0. The second kappa shape index (κ2) is 9.22. The largest absolute Gasteiger partial charge is 0.309 e. The Bertz CT molecular complexity index is 2220. The van der Waals surface area contributed by atoms with Gasteiger partial charge in [-0.1, -0.05) is 106 Å². The van der Waals surface area contributed by atoms with Gasteiger partial charge in [-0.2, -0.15) is 0 Å². The third-order valence-electron chi connectivity index (χ3n) is 8.68. The van der Waals surface area contributed by atoms with Crippen LogP contribution >= 0.6 is 0 Å². The first-order valence-electron chi connectivity index (χ1n) is 14.7. The molecular formula is C40H32N2. The van der Waals surface area contributed by atoms with Crippen LogP contribution in [0.4, 0.5) is 0 Å².